The Morgan fingerprint density at radius 1 is 0.667 bits per heavy atom. The van der Waals surface area contributed by atoms with E-state index < -0.39 is 0 Å². The number of rotatable bonds is 0. The molecule has 0 aromatic heterocycles. The van der Waals surface area contributed by atoms with E-state index in [2.05, 4.69) is 47.7 Å². The van der Waals surface area contributed by atoms with Gasteiger partial charge >= 0.3 is 39.5 Å². The van der Waals surface area contributed by atoms with E-state index in [-0.39, 0.29) is 0 Å². The molecule has 0 heterocycles. The van der Waals surface area contributed by atoms with Crippen molar-refractivity contribution in [1.82, 2.24) is 0 Å². The van der Waals surface area contributed by atoms with Gasteiger partial charge < -0.3 is 19.4 Å². The Morgan fingerprint density at radius 3 is 0.667 bits per heavy atom. The SMILES string of the molecule is [Br][Co][Br].[C-]#[N+]C.[C-]#[N+]C.[C-]#[N+]C.[C-]#[N+]C. The van der Waals surface area contributed by atoms with E-state index in [1.54, 1.807) is 0 Å². The topological polar surface area (TPSA) is 17.4 Å². The van der Waals surface area contributed by atoms with Crippen LogP contribution in [0.1, 0.15) is 0 Å². The van der Waals surface area contributed by atoms with E-state index >= 15 is 0 Å². The van der Waals surface area contributed by atoms with E-state index in [4.69, 9.17) is 26.3 Å². The average Bonchev–Trinajstić information content (AvgIpc) is 2.09. The van der Waals surface area contributed by atoms with Gasteiger partial charge in [-0.25, -0.2) is 26.3 Å². The van der Waals surface area contributed by atoms with Crippen molar-refractivity contribution in [1.29, 1.82) is 0 Å². The molecule has 0 aromatic rings. The Bertz CT molecular complexity index is 171. The summed E-state index contributed by atoms with van der Waals surface area (Å²) in [7, 11) is 5.67. The van der Waals surface area contributed by atoms with Gasteiger partial charge in [0, 0.05) is 0 Å². The van der Waals surface area contributed by atoms with Gasteiger partial charge in [-0.05, 0) is 0 Å². The summed E-state index contributed by atoms with van der Waals surface area (Å²) in [5, 5.41) is 0. The van der Waals surface area contributed by atoms with Crippen molar-refractivity contribution in [2.75, 3.05) is 28.2 Å². The van der Waals surface area contributed by atoms with Crippen molar-refractivity contribution in [3.05, 3.63) is 45.7 Å². The second-order valence-electron chi connectivity index (χ2n) is 0.942. The molecule has 15 heavy (non-hydrogen) atoms. The molecule has 0 bridgehead atoms. The first-order chi connectivity index (χ1) is 7.07. The minimum Gasteiger partial charge on any atom is -0.320 e. The van der Waals surface area contributed by atoms with Gasteiger partial charge in [-0.15, -0.1) is 0 Å². The quantitative estimate of drug-likeness (QED) is 0.566. The maximum Gasteiger partial charge on any atom is 0.205 e. The Morgan fingerprint density at radius 2 is 0.667 bits per heavy atom. The van der Waals surface area contributed by atoms with Crippen LogP contribution in [0.25, 0.3) is 19.4 Å². The minimum atomic E-state index is 1.06. The molecule has 0 aliphatic carbocycles. The first kappa shape index (κ1) is 29.3. The number of halogens is 2. The fraction of sp³-hybridized carbons (Fsp3) is 0.500. The normalized spacial score (nSPS) is 3.60. The van der Waals surface area contributed by atoms with Crippen molar-refractivity contribution in [2.24, 2.45) is 0 Å². The molecule has 7 heteroatoms. The van der Waals surface area contributed by atoms with Gasteiger partial charge in [0.2, 0.25) is 28.2 Å². The molecule has 0 aliphatic heterocycles. The molecule has 0 aliphatic rings. The summed E-state index contributed by atoms with van der Waals surface area (Å²) in [6.07, 6.45) is 0. The van der Waals surface area contributed by atoms with E-state index in [1.807, 2.05) is 0 Å². The van der Waals surface area contributed by atoms with Gasteiger partial charge in [0.25, 0.3) is 0 Å². The average molecular weight is 383 g/mol. The van der Waals surface area contributed by atoms with Crippen LogP contribution in [-0.4, -0.2) is 28.2 Å². The van der Waals surface area contributed by atoms with E-state index in [1.165, 1.54) is 28.2 Å². The Labute approximate surface area is 113 Å². The molecular weight excluding hydrogens is 371 g/mol. The smallest absolute Gasteiger partial charge is 0.205 e. The van der Waals surface area contributed by atoms with Gasteiger partial charge in [-0.2, -0.15) is 0 Å². The van der Waals surface area contributed by atoms with E-state index in [0.29, 0.717) is 0 Å². The molecule has 0 amide bonds. The summed E-state index contributed by atoms with van der Waals surface area (Å²) in [6.45, 7) is 23.3. The molecular formula is C8H12Br2CoN4. The van der Waals surface area contributed by atoms with Gasteiger partial charge in [0.1, 0.15) is 0 Å². The van der Waals surface area contributed by atoms with Crippen molar-refractivity contribution in [2.45, 2.75) is 0 Å². The molecule has 0 radical (unpaired) electrons. The standard InChI is InChI=1S/4C2H3N.2BrH.Co/c4*1-3-2;;;/h4*1H3;2*1H;/q;;;;;;+2/p-2. The van der Waals surface area contributed by atoms with Gasteiger partial charge in [0.15, 0.2) is 0 Å². The summed E-state index contributed by atoms with van der Waals surface area (Å²) in [6, 6.07) is 0. The second-order valence-corrected chi connectivity index (χ2v) is 6.20. The fourth-order valence-electron chi connectivity index (χ4n) is 0. The van der Waals surface area contributed by atoms with Crippen LogP contribution in [0.5, 0.6) is 0 Å². The van der Waals surface area contributed by atoms with Crippen LogP contribution in [-0.2, 0) is 11.1 Å². The molecule has 0 atom stereocenters. The van der Waals surface area contributed by atoms with E-state index in [9.17, 15) is 0 Å². The van der Waals surface area contributed by atoms with Crippen LogP contribution in [0.3, 0.4) is 0 Å². The van der Waals surface area contributed by atoms with Crippen LogP contribution in [0.2, 0.25) is 0 Å². The monoisotopic (exact) mass is 381 g/mol. The summed E-state index contributed by atoms with van der Waals surface area (Å²) < 4.78 is 0. The van der Waals surface area contributed by atoms with Gasteiger partial charge in [-0.3, -0.25) is 0 Å². The zero-order chi connectivity index (χ0) is 13.5. The maximum atomic E-state index is 5.83. The first-order valence-corrected chi connectivity index (χ1v) is 8.08. The third kappa shape index (κ3) is 5330. The molecule has 0 rings (SSSR count). The van der Waals surface area contributed by atoms with Crippen LogP contribution in [0.15, 0.2) is 0 Å². The predicted octanol–water partition coefficient (Wildman–Crippen LogP) is 3.83. The molecule has 0 saturated carbocycles. The minimum absolute atomic E-state index is 1.06. The van der Waals surface area contributed by atoms with Gasteiger partial charge in [-0.1, -0.05) is 0 Å². The first-order valence-electron chi connectivity index (χ1n) is 2.94. The molecule has 0 saturated heterocycles. The Balaban J connectivity index is -0.0000000278. The molecule has 0 spiro atoms. The van der Waals surface area contributed by atoms with Crippen molar-refractivity contribution < 1.29 is 11.1 Å². The molecule has 0 N–H and O–H groups in total. The van der Waals surface area contributed by atoms with Crippen molar-refractivity contribution in [3.63, 3.8) is 0 Å². The van der Waals surface area contributed by atoms with Crippen LogP contribution >= 0.6 is 28.3 Å². The molecule has 0 aromatic carbocycles. The van der Waals surface area contributed by atoms with Crippen LogP contribution in [0, 0.1) is 26.3 Å². The van der Waals surface area contributed by atoms with E-state index in [0.717, 1.165) is 11.1 Å². The zero-order valence-corrected chi connectivity index (χ0v) is 13.1. The number of hydrogen-bond acceptors (Lipinski definition) is 0. The summed E-state index contributed by atoms with van der Waals surface area (Å²) in [5.74, 6) is 0. The Hall–Kier alpha value is -0.574. The third-order valence-corrected chi connectivity index (χ3v) is 0. The number of nitrogens with zero attached hydrogens (tertiary/aromatic N) is 4. The van der Waals surface area contributed by atoms with Crippen molar-refractivity contribution in [3.8, 4) is 0 Å². The predicted molar refractivity (Wildman–Crippen MR) is 68.0 cm³/mol. The number of hydrogen-bond donors (Lipinski definition) is 0. The maximum absolute atomic E-state index is 5.83. The fourth-order valence-corrected chi connectivity index (χ4v) is 0. The van der Waals surface area contributed by atoms with Gasteiger partial charge in [0.05, 0.1) is 0 Å². The molecule has 4 nitrogen and oxygen atoms in total. The molecule has 0 fully saturated rings. The van der Waals surface area contributed by atoms with Crippen LogP contribution < -0.4 is 0 Å². The van der Waals surface area contributed by atoms with Crippen molar-refractivity contribution >= 4 is 28.3 Å². The molecule has 87 valence electrons. The summed E-state index contributed by atoms with van der Waals surface area (Å²) in [4.78, 5) is 11.0. The third-order valence-electron chi connectivity index (χ3n) is 0. The second kappa shape index (κ2) is 106. The zero-order valence-electron chi connectivity index (χ0n) is 8.88. The summed E-state index contributed by atoms with van der Waals surface area (Å²) in [5.41, 5.74) is 0. The van der Waals surface area contributed by atoms with Crippen LogP contribution in [0.4, 0.5) is 0 Å². The Kier molecular flexibility index (Phi) is 206. The largest absolute Gasteiger partial charge is 0.320 e. The summed E-state index contributed by atoms with van der Waals surface area (Å²) >= 11 is 7.12. The molecule has 0 unspecified atom stereocenters.